The molecule has 0 aliphatic carbocycles. The normalized spacial score (nSPS) is 10.5. The SMILES string of the molecule is CCOC(=O)c1sc(NC(=O)c2sc(C)nc2C)nc1C. The van der Waals surface area contributed by atoms with Gasteiger partial charge in [-0.25, -0.2) is 14.8 Å². The summed E-state index contributed by atoms with van der Waals surface area (Å²) in [5, 5.41) is 3.92. The van der Waals surface area contributed by atoms with Crippen LogP contribution in [0.1, 0.15) is 42.7 Å². The zero-order chi connectivity index (χ0) is 15.6. The number of hydrogen-bond acceptors (Lipinski definition) is 7. The van der Waals surface area contributed by atoms with Gasteiger partial charge in [0.15, 0.2) is 5.13 Å². The van der Waals surface area contributed by atoms with Gasteiger partial charge in [0.05, 0.1) is 23.0 Å². The highest BCUT2D eigenvalue weighted by Gasteiger charge is 2.19. The molecule has 21 heavy (non-hydrogen) atoms. The minimum atomic E-state index is -0.419. The lowest BCUT2D eigenvalue weighted by molar-refractivity contribution is 0.0531. The molecule has 6 nitrogen and oxygen atoms in total. The van der Waals surface area contributed by atoms with Crippen LogP contribution in [-0.2, 0) is 4.74 Å². The molecule has 112 valence electrons. The highest BCUT2D eigenvalue weighted by Crippen LogP contribution is 2.25. The lowest BCUT2D eigenvalue weighted by atomic mass is 10.4. The van der Waals surface area contributed by atoms with E-state index in [1.165, 1.54) is 11.3 Å². The van der Waals surface area contributed by atoms with Crippen molar-refractivity contribution in [3.05, 3.63) is 26.1 Å². The van der Waals surface area contributed by atoms with Crippen molar-refractivity contribution in [3.8, 4) is 0 Å². The van der Waals surface area contributed by atoms with E-state index in [4.69, 9.17) is 4.74 Å². The van der Waals surface area contributed by atoms with Crippen LogP contribution < -0.4 is 5.32 Å². The Balaban J connectivity index is 2.17. The van der Waals surface area contributed by atoms with Crippen LogP contribution >= 0.6 is 22.7 Å². The fourth-order valence-corrected chi connectivity index (χ4v) is 3.40. The molecule has 0 atom stereocenters. The van der Waals surface area contributed by atoms with E-state index in [0.717, 1.165) is 16.3 Å². The second kappa shape index (κ2) is 6.31. The van der Waals surface area contributed by atoms with E-state index in [1.54, 1.807) is 20.8 Å². The number of esters is 1. The van der Waals surface area contributed by atoms with Gasteiger partial charge in [-0.1, -0.05) is 11.3 Å². The first-order valence-electron chi connectivity index (χ1n) is 6.32. The highest BCUT2D eigenvalue weighted by atomic mass is 32.1. The molecule has 0 saturated heterocycles. The van der Waals surface area contributed by atoms with Gasteiger partial charge in [0.25, 0.3) is 5.91 Å². The Morgan fingerprint density at radius 2 is 1.76 bits per heavy atom. The Morgan fingerprint density at radius 3 is 2.33 bits per heavy atom. The van der Waals surface area contributed by atoms with Gasteiger partial charge in [0.2, 0.25) is 0 Å². The quantitative estimate of drug-likeness (QED) is 0.874. The van der Waals surface area contributed by atoms with E-state index < -0.39 is 5.97 Å². The van der Waals surface area contributed by atoms with Gasteiger partial charge in [-0.15, -0.1) is 11.3 Å². The molecule has 0 aromatic carbocycles. The fraction of sp³-hybridized carbons (Fsp3) is 0.385. The fourth-order valence-electron chi connectivity index (χ4n) is 1.73. The van der Waals surface area contributed by atoms with Crippen molar-refractivity contribution < 1.29 is 14.3 Å². The topological polar surface area (TPSA) is 81.2 Å². The lowest BCUT2D eigenvalue weighted by Gasteiger charge is -1.99. The molecule has 0 aliphatic heterocycles. The van der Waals surface area contributed by atoms with E-state index in [1.807, 2.05) is 6.92 Å². The minimum Gasteiger partial charge on any atom is -0.462 e. The standard InChI is InChI=1S/C13H15N3O3S2/c1-5-19-12(18)10-7(3)15-13(21-10)16-11(17)9-6(2)14-8(4)20-9/h5H2,1-4H3,(H,15,16,17). The minimum absolute atomic E-state index is 0.262. The molecule has 1 amide bonds. The van der Waals surface area contributed by atoms with Crippen LogP contribution in [0.5, 0.6) is 0 Å². The number of carbonyl (C=O) groups excluding carboxylic acids is 2. The lowest BCUT2D eigenvalue weighted by Crippen LogP contribution is -2.11. The summed E-state index contributed by atoms with van der Waals surface area (Å²) in [6.07, 6.45) is 0. The zero-order valence-electron chi connectivity index (χ0n) is 12.1. The smallest absolute Gasteiger partial charge is 0.350 e. The van der Waals surface area contributed by atoms with Gasteiger partial charge in [0, 0.05) is 0 Å². The van der Waals surface area contributed by atoms with Crippen molar-refractivity contribution >= 4 is 39.7 Å². The van der Waals surface area contributed by atoms with Crippen molar-refractivity contribution in [2.75, 3.05) is 11.9 Å². The molecule has 0 unspecified atom stereocenters. The van der Waals surface area contributed by atoms with Crippen LogP contribution in [0.15, 0.2) is 0 Å². The number of ether oxygens (including phenoxy) is 1. The van der Waals surface area contributed by atoms with Crippen LogP contribution in [0.2, 0.25) is 0 Å². The van der Waals surface area contributed by atoms with Crippen molar-refractivity contribution in [1.29, 1.82) is 0 Å². The molecule has 0 fully saturated rings. The van der Waals surface area contributed by atoms with Gasteiger partial charge in [-0.05, 0) is 27.7 Å². The number of carbonyl (C=O) groups is 2. The van der Waals surface area contributed by atoms with E-state index in [0.29, 0.717) is 32.9 Å². The Hall–Kier alpha value is -1.80. The van der Waals surface area contributed by atoms with Crippen LogP contribution in [-0.4, -0.2) is 28.5 Å². The molecule has 0 aliphatic rings. The van der Waals surface area contributed by atoms with Gasteiger partial charge in [-0.3, -0.25) is 10.1 Å². The average Bonchev–Trinajstić information content (AvgIpc) is 2.92. The summed E-state index contributed by atoms with van der Waals surface area (Å²) in [6, 6.07) is 0. The largest absolute Gasteiger partial charge is 0.462 e. The van der Waals surface area contributed by atoms with Crippen LogP contribution in [0.25, 0.3) is 0 Å². The predicted octanol–water partition coefficient (Wildman–Crippen LogP) is 2.95. The first-order chi connectivity index (χ1) is 9.92. The summed E-state index contributed by atoms with van der Waals surface area (Å²) in [5.74, 6) is -0.680. The molecule has 0 saturated carbocycles. The predicted molar refractivity (Wildman–Crippen MR) is 82.3 cm³/mol. The number of thiazole rings is 2. The van der Waals surface area contributed by atoms with Crippen molar-refractivity contribution in [3.63, 3.8) is 0 Å². The van der Waals surface area contributed by atoms with Gasteiger partial charge < -0.3 is 4.74 Å². The number of hydrogen-bond donors (Lipinski definition) is 1. The first kappa shape index (κ1) is 15.6. The molecule has 2 rings (SSSR count). The van der Waals surface area contributed by atoms with Crippen molar-refractivity contribution in [2.45, 2.75) is 27.7 Å². The third-order valence-electron chi connectivity index (χ3n) is 2.59. The second-order valence-corrected chi connectivity index (χ2v) is 6.46. The average molecular weight is 325 g/mol. The van der Waals surface area contributed by atoms with E-state index in [2.05, 4.69) is 15.3 Å². The summed E-state index contributed by atoms with van der Waals surface area (Å²) >= 11 is 2.44. The Morgan fingerprint density at radius 1 is 1.10 bits per heavy atom. The number of aryl methyl sites for hydroxylation is 3. The molecule has 2 aromatic rings. The number of nitrogens with zero attached hydrogens (tertiary/aromatic N) is 2. The third-order valence-corrected chi connectivity index (χ3v) is 4.71. The van der Waals surface area contributed by atoms with Crippen LogP contribution in [0.4, 0.5) is 5.13 Å². The summed E-state index contributed by atoms with van der Waals surface area (Å²) in [6.45, 7) is 7.39. The van der Waals surface area contributed by atoms with E-state index >= 15 is 0 Å². The molecule has 8 heteroatoms. The van der Waals surface area contributed by atoms with E-state index in [-0.39, 0.29) is 5.91 Å². The molecule has 0 bridgehead atoms. The number of aromatic nitrogens is 2. The number of amides is 1. The molecular formula is C13H15N3O3S2. The maximum absolute atomic E-state index is 12.2. The first-order valence-corrected chi connectivity index (χ1v) is 7.95. The van der Waals surface area contributed by atoms with E-state index in [9.17, 15) is 9.59 Å². The van der Waals surface area contributed by atoms with Gasteiger partial charge in [-0.2, -0.15) is 0 Å². The van der Waals surface area contributed by atoms with Crippen molar-refractivity contribution in [1.82, 2.24) is 9.97 Å². The summed E-state index contributed by atoms with van der Waals surface area (Å²) in [4.78, 5) is 33.3. The highest BCUT2D eigenvalue weighted by molar-refractivity contribution is 7.18. The van der Waals surface area contributed by atoms with Crippen LogP contribution in [0.3, 0.4) is 0 Å². The monoisotopic (exact) mass is 325 g/mol. The molecule has 0 spiro atoms. The number of rotatable bonds is 4. The number of anilines is 1. The maximum atomic E-state index is 12.2. The molecule has 2 heterocycles. The second-order valence-electron chi connectivity index (χ2n) is 4.26. The Bertz CT molecular complexity index is 691. The summed E-state index contributed by atoms with van der Waals surface area (Å²) < 4.78 is 4.94. The maximum Gasteiger partial charge on any atom is 0.350 e. The summed E-state index contributed by atoms with van der Waals surface area (Å²) in [5.41, 5.74) is 1.24. The van der Waals surface area contributed by atoms with Crippen LogP contribution in [0, 0.1) is 20.8 Å². The molecular weight excluding hydrogens is 310 g/mol. The Kier molecular flexibility index (Phi) is 4.69. The molecule has 2 aromatic heterocycles. The molecule has 0 radical (unpaired) electrons. The van der Waals surface area contributed by atoms with Gasteiger partial charge in [0.1, 0.15) is 9.75 Å². The molecule has 1 N–H and O–H groups in total. The Labute approximate surface area is 130 Å². The number of nitrogens with one attached hydrogen (secondary N) is 1. The van der Waals surface area contributed by atoms with Crippen molar-refractivity contribution in [2.24, 2.45) is 0 Å². The third kappa shape index (κ3) is 3.45. The zero-order valence-corrected chi connectivity index (χ0v) is 13.8. The summed E-state index contributed by atoms with van der Waals surface area (Å²) in [7, 11) is 0. The van der Waals surface area contributed by atoms with Gasteiger partial charge >= 0.3 is 5.97 Å².